The van der Waals surface area contributed by atoms with Crippen LogP contribution in [0.2, 0.25) is 0 Å². The van der Waals surface area contributed by atoms with E-state index in [4.69, 9.17) is 4.74 Å². The molecule has 0 aliphatic rings. The first kappa shape index (κ1) is 14.5. The summed E-state index contributed by atoms with van der Waals surface area (Å²) >= 11 is 6.25. The predicted octanol–water partition coefficient (Wildman–Crippen LogP) is 4.41. The number of aromatic nitrogens is 1. The largest absolute Gasteiger partial charge is 0.422 e. The molecule has 108 valence electrons. The van der Waals surface area contributed by atoms with Gasteiger partial charge in [-0.25, -0.2) is 9.78 Å². The van der Waals surface area contributed by atoms with Gasteiger partial charge < -0.3 is 9.64 Å². The van der Waals surface area contributed by atoms with Gasteiger partial charge in [-0.05, 0) is 40.2 Å². The number of esters is 1. The van der Waals surface area contributed by atoms with Crippen molar-refractivity contribution in [3.63, 3.8) is 0 Å². The summed E-state index contributed by atoms with van der Waals surface area (Å²) in [5.74, 6) is 0.188. The van der Waals surface area contributed by atoms with Crippen molar-refractivity contribution in [1.82, 2.24) is 4.98 Å². The Morgan fingerprint density at radius 2 is 2.05 bits per heavy atom. The maximum absolute atomic E-state index is 12.0. The Morgan fingerprint density at radius 3 is 2.71 bits per heavy atom. The van der Waals surface area contributed by atoms with Crippen LogP contribution in [0, 0.1) is 0 Å². The van der Waals surface area contributed by atoms with E-state index in [1.165, 1.54) is 11.3 Å². The van der Waals surface area contributed by atoms with Crippen molar-refractivity contribution >= 4 is 59.9 Å². The maximum Gasteiger partial charge on any atom is 0.353 e. The van der Waals surface area contributed by atoms with Crippen molar-refractivity contribution in [3.05, 3.63) is 39.0 Å². The summed E-state index contributed by atoms with van der Waals surface area (Å²) in [6, 6.07) is 9.05. The summed E-state index contributed by atoms with van der Waals surface area (Å²) in [5.41, 5.74) is 0.905. The van der Waals surface area contributed by atoms with Crippen LogP contribution in [0.25, 0.3) is 10.2 Å². The minimum Gasteiger partial charge on any atom is -0.422 e. The zero-order chi connectivity index (χ0) is 15.0. The number of halogens is 1. The smallest absolute Gasteiger partial charge is 0.353 e. The van der Waals surface area contributed by atoms with Crippen LogP contribution in [0.1, 0.15) is 9.67 Å². The first-order valence-corrected chi connectivity index (χ1v) is 8.51. The molecule has 7 heteroatoms. The predicted molar refractivity (Wildman–Crippen MR) is 90.9 cm³/mol. The van der Waals surface area contributed by atoms with E-state index < -0.39 is 0 Å². The second-order valence-corrected chi connectivity index (χ2v) is 7.99. The zero-order valence-corrected chi connectivity index (χ0v) is 14.5. The van der Waals surface area contributed by atoms with Gasteiger partial charge in [-0.2, -0.15) is 0 Å². The third-order valence-electron chi connectivity index (χ3n) is 2.72. The number of hydrogen-bond donors (Lipinski definition) is 0. The maximum atomic E-state index is 12.0. The van der Waals surface area contributed by atoms with Crippen LogP contribution in [-0.4, -0.2) is 25.0 Å². The number of thiazole rings is 1. The summed E-state index contributed by atoms with van der Waals surface area (Å²) < 4.78 is 7.31. The van der Waals surface area contributed by atoms with Crippen LogP contribution in [0.15, 0.2) is 34.1 Å². The van der Waals surface area contributed by atoms with Gasteiger partial charge in [-0.15, -0.1) is 11.3 Å². The van der Waals surface area contributed by atoms with Crippen molar-refractivity contribution in [2.24, 2.45) is 0 Å². The molecule has 0 radical (unpaired) electrons. The van der Waals surface area contributed by atoms with Gasteiger partial charge in [0.1, 0.15) is 10.6 Å². The quantitative estimate of drug-likeness (QED) is 0.497. The zero-order valence-electron chi connectivity index (χ0n) is 11.3. The molecule has 3 aromatic rings. The van der Waals surface area contributed by atoms with Gasteiger partial charge in [0.05, 0.1) is 14.0 Å². The van der Waals surface area contributed by atoms with E-state index in [1.54, 1.807) is 23.5 Å². The summed E-state index contributed by atoms with van der Waals surface area (Å²) in [6.07, 6.45) is 0. The summed E-state index contributed by atoms with van der Waals surface area (Å²) in [4.78, 5) is 19.0. The molecular weight excluding hydrogens is 372 g/mol. The van der Waals surface area contributed by atoms with Gasteiger partial charge in [0.25, 0.3) is 0 Å². The molecule has 21 heavy (non-hydrogen) atoms. The number of carbonyl (C=O) groups is 1. The lowest BCUT2D eigenvalue weighted by atomic mass is 10.3. The second-order valence-electron chi connectivity index (χ2n) is 4.51. The second kappa shape index (κ2) is 5.75. The molecule has 0 atom stereocenters. The lowest BCUT2D eigenvalue weighted by Crippen LogP contribution is -2.07. The number of ether oxygens (including phenoxy) is 1. The minimum absolute atomic E-state index is 0.345. The van der Waals surface area contributed by atoms with Crippen LogP contribution in [0.4, 0.5) is 5.13 Å². The Labute approximate surface area is 138 Å². The number of anilines is 1. The Kier molecular flexibility index (Phi) is 3.97. The standard InChI is InChI=1S/C14H11BrN2O2S2/c1-17(2)14-16-9-4-3-8(7-11(9)21-14)19-13(18)10-5-6-12(15)20-10/h3-7H,1-2H3. The highest BCUT2D eigenvalue weighted by Gasteiger charge is 2.13. The molecule has 2 aromatic heterocycles. The molecule has 0 bridgehead atoms. The van der Waals surface area contributed by atoms with E-state index in [9.17, 15) is 4.79 Å². The van der Waals surface area contributed by atoms with Gasteiger partial charge in [0.15, 0.2) is 5.13 Å². The van der Waals surface area contributed by atoms with Crippen LogP contribution in [0.3, 0.4) is 0 Å². The summed E-state index contributed by atoms with van der Waals surface area (Å²) in [7, 11) is 3.90. The number of hydrogen-bond acceptors (Lipinski definition) is 6. The molecule has 4 nitrogen and oxygen atoms in total. The monoisotopic (exact) mass is 382 g/mol. The van der Waals surface area contributed by atoms with Gasteiger partial charge >= 0.3 is 5.97 Å². The fraction of sp³-hybridized carbons (Fsp3) is 0.143. The average Bonchev–Trinajstić information content (AvgIpc) is 3.04. The number of benzene rings is 1. The Balaban J connectivity index is 1.85. The van der Waals surface area contributed by atoms with Crippen molar-refractivity contribution in [2.45, 2.75) is 0 Å². The van der Waals surface area contributed by atoms with E-state index in [0.717, 1.165) is 19.1 Å². The van der Waals surface area contributed by atoms with Crippen molar-refractivity contribution in [1.29, 1.82) is 0 Å². The van der Waals surface area contributed by atoms with E-state index >= 15 is 0 Å². The molecule has 2 heterocycles. The number of rotatable bonds is 3. The average molecular weight is 383 g/mol. The molecule has 0 aliphatic carbocycles. The normalized spacial score (nSPS) is 10.8. The lowest BCUT2D eigenvalue weighted by molar-refractivity contribution is 0.0740. The fourth-order valence-electron chi connectivity index (χ4n) is 1.73. The number of thiophene rings is 1. The highest BCUT2D eigenvalue weighted by Crippen LogP contribution is 2.31. The molecule has 0 amide bonds. The first-order valence-electron chi connectivity index (χ1n) is 6.08. The lowest BCUT2D eigenvalue weighted by Gasteiger charge is -2.04. The fourth-order valence-corrected chi connectivity index (χ4v) is 3.91. The molecule has 0 unspecified atom stereocenters. The Hall–Kier alpha value is -1.44. The molecule has 0 saturated carbocycles. The Morgan fingerprint density at radius 1 is 1.24 bits per heavy atom. The molecular formula is C14H11BrN2O2S2. The topological polar surface area (TPSA) is 42.4 Å². The van der Waals surface area contributed by atoms with E-state index in [2.05, 4.69) is 20.9 Å². The minimum atomic E-state index is -0.345. The molecule has 0 fully saturated rings. The molecule has 0 N–H and O–H groups in total. The van der Waals surface area contributed by atoms with Crippen molar-refractivity contribution < 1.29 is 9.53 Å². The van der Waals surface area contributed by atoms with Gasteiger partial charge in [-0.1, -0.05) is 11.3 Å². The molecule has 3 rings (SSSR count). The highest BCUT2D eigenvalue weighted by molar-refractivity contribution is 9.11. The molecule has 0 spiro atoms. The van der Waals surface area contributed by atoms with Crippen molar-refractivity contribution in [3.8, 4) is 5.75 Å². The van der Waals surface area contributed by atoms with Crippen LogP contribution >= 0.6 is 38.6 Å². The summed E-state index contributed by atoms with van der Waals surface area (Å²) in [6.45, 7) is 0. The SMILES string of the molecule is CN(C)c1nc2ccc(OC(=O)c3ccc(Br)s3)cc2s1. The third-order valence-corrected chi connectivity index (χ3v) is 5.51. The van der Waals surface area contributed by atoms with Gasteiger partial charge in [0, 0.05) is 20.2 Å². The number of fused-ring (bicyclic) bond motifs is 1. The van der Waals surface area contributed by atoms with E-state index in [0.29, 0.717) is 10.6 Å². The highest BCUT2D eigenvalue weighted by atomic mass is 79.9. The van der Waals surface area contributed by atoms with Crippen LogP contribution in [-0.2, 0) is 0 Å². The van der Waals surface area contributed by atoms with Gasteiger partial charge in [0.2, 0.25) is 0 Å². The summed E-state index contributed by atoms with van der Waals surface area (Å²) in [5, 5.41) is 0.927. The number of carbonyl (C=O) groups excluding carboxylic acids is 1. The first-order chi connectivity index (χ1) is 10.0. The third kappa shape index (κ3) is 3.09. The van der Waals surface area contributed by atoms with E-state index in [1.807, 2.05) is 37.2 Å². The van der Waals surface area contributed by atoms with Crippen LogP contribution < -0.4 is 9.64 Å². The van der Waals surface area contributed by atoms with Crippen molar-refractivity contribution in [2.75, 3.05) is 19.0 Å². The molecule has 0 saturated heterocycles. The van der Waals surface area contributed by atoms with Gasteiger partial charge in [-0.3, -0.25) is 0 Å². The number of nitrogens with zero attached hydrogens (tertiary/aromatic N) is 2. The molecule has 0 aliphatic heterocycles. The molecule has 1 aromatic carbocycles. The van der Waals surface area contributed by atoms with Crippen LogP contribution in [0.5, 0.6) is 5.75 Å². The Bertz CT molecular complexity index is 810. The van der Waals surface area contributed by atoms with E-state index in [-0.39, 0.29) is 5.97 Å².